The van der Waals surface area contributed by atoms with Gasteiger partial charge in [-0.3, -0.25) is 0 Å². The minimum Gasteiger partial charge on any atom is -0.383 e. The van der Waals surface area contributed by atoms with Gasteiger partial charge in [-0.15, -0.1) is 0 Å². The lowest BCUT2D eigenvalue weighted by molar-refractivity contribution is 0.866. The Hall–Kier alpha value is -1.09. The Morgan fingerprint density at radius 3 is 2.62 bits per heavy atom. The lowest BCUT2D eigenvalue weighted by Crippen LogP contribution is -2.00. The largest absolute Gasteiger partial charge is 0.383 e. The van der Waals surface area contributed by atoms with Crippen LogP contribution in [0.4, 0.5) is 5.82 Å². The van der Waals surface area contributed by atoms with E-state index in [-0.39, 0.29) is 0 Å². The summed E-state index contributed by atoms with van der Waals surface area (Å²) >= 11 is 3.51. The average Bonchev–Trinajstić information content (AvgIpc) is 2.23. The van der Waals surface area contributed by atoms with Gasteiger partial charge in [-0.25, -0.2) is 4.98 Å². The van der Waals surface area contributed by atoms with Crippen molar-refractivity contribution in [2.45, 2.75) is 26.7 Å². The number of nitrogens with two attached hydrogens (primary N) is 1. The van der Waals surface area contributed by atoms with E-state index in [0.717, 1.165) is 26.5 Å². The molecular weight excluding hydrogens is 264 g/mol. The number of nitrogens with zero attached hydrogens (tertiary/aromatic N) is 1. The maximum absolute atomic E-state index is 5.98. The van der Waals surface area contributed by atoms with Crippen LogP contribution in [0.15, 0.2) is 22.7 Å². The first kappa shape index (κ1) is 11.4. The molecule has 3 heteroatoms. The van der Waals surface area contributed by atoms with Crippen LogP contribution in [0.3, 0.4) is 0 Å². The van der Waals surface area contributed by atoms with E-state index in [2.05, 4.69) is 53.0 Å². The number of pyridine rings is 1. The van der Waals surface area contributed by atoms with Crippen LogP contribution in [-0.2, 0) is 0 Å². The number of nitrogen functional groups attached to an aromatic ring is 1. The molecule has 0 atom stereocenters. The molecule has 16 heavy (non-hydrogen) atoms. The molecule has 0 spiro atoms. The average molecular weight is 279 g/mol. The molecule has 2 N–H and O–H groups in total. The highest BCUT2D eigenvalue weighted by Crippen LogP contribution is 2.29. The molecule has 0 radical (unpaired) electrons. The van der Waals surface area contributed by atoms with Crippen LogP contribution in [0.2, 0.25) is 0 Å². The summed E-state index contributed by atoms with van der Waals surface area (Å²) in [6.07, 6.45) is 0. The van der Waals surface area contributed by atoms with Gasteiger partial charge in [0.2, 0.25) is 0 Å². The Morgan fingerprint density at radius 1 is 1.31 bits per heavy atom. The Kier molecular flexibility index (Phi) is 2.89. The minimum absolute atomic E-state index is 0.404. The van der Waals surface area contributed by atoms with Gasteiger partial charge in [0.25, 0.3) is 0 Å². The monoisotopic (exact) mass is 278 g/mol. The molecule has 2 aromatic rings. The number of aromatic nitrogens is 1. The fraction of sp³-hybridized carbons (Fsp3) is 0.308. The highest BCUT2D eigenvalue weighted by Gasteiger charge is 2.10. The highest BCUT2D eigenvalue weighted by atomic mass is 79.9. The minimum atomic E-state index is 0.404. The number of benzene rings is 1. The summed E-state index contributed by atoms with van der Waals surface area (Å²) in [6.45, 7) is 6.31. The summed E-state index contributed by atoms with van der Waals surface area (Å²) in [5, 5.41) is 1.15. The summed E-state index contributed by atoms with van der Waals surface area (Å²) in [5.74, 6) is 1.05. The molecule has 1 aromatic carbocycles. The smallest absolute Gasteiger partial charge is 0.127 e. The molecule has 0 amide bonds. The molecule has 84 valence electrons. The maximum Gasteiger partial charge on any atom is 0.127 e. The van der Waals surface area contributed by atoms with E-state index in [9.17, 15) is 0 Å². The second-order valence-electron chi connectivity index (χ2n) is 4.36. The molecule has 0 unspecified atom stereocenters. The number of halogens is 1. The third-order valence-corrected chi connectivity index (χ3v) is 3.72. The van der Waals surface area contributed by atoms with E-state index < -0.39 is 0 Å². The zero-order valence-electron chi connectivity index (χ0n) is 9.71. The van der Waals surface area contributed by atoms with Gasteiger partial charge in [0.05, 0.1) is 5.52 Å². The number of anilines is 1. The summed E-state index contributed by atoms with van der Waals surface area (Å²) in [5.41, 5.74) is 9.22. The van der Waals surface area contributed by atoms with Crippen LogP contribution in [0, 0.1) is 6.92 Å². The number of hydrogen-bond donors (Lipinski definition) is 1. The zero-order valence-corrected chi connectivity index (χ0v) is 11.3. The van der Waals surface area contributed by atoms with Crippen LogP contribution < -0.4 is 5.73 Å². The van der Waals surface area contributed by atoms with Crippen LogP contribution in [0.5, 0.6) is 0 Å². The van der Waals surface area contributed by atoms with E-state index in [1.807, 2.05) is 6.92 Å². The van der Waals surface area contributed by atoms with Gasteiger partial charge in [0, 0.05) is 9.86 Å². The van der Waals surface area contributed by atoms with Crippen molar-refractivity contribution in [1.82, 2.24) is 4.98 Å². The fourth-order valence-corrected chi connectivity index (χ4v) is 2.17. The number of fused-ring (bicyclic) bond motifs is 1. The van der Waals surface area contributed by atoms with Gasteiger partial charge in [0.1, 0.15) is 5.82 Å². The molecule has 0 saturated carbocycles. The van der Waals surface area contributed by atoms with Crippen molar-refractivity contribution in [2.75, 3.05) is 5.73 Å². The fourth-order valence-electron chi connectivity index (χ4n) is 1.85. The van der Waals surface area contributed by atoms with Crippen molar-refractivity contribution in [3.8, 4) is 0 Å². The Labute approximate surface area is 104 Å². The molecule has 0 bridgehead atoms. The maximum atomic E-state index is 5.98. The van der Waals surface area contributed by atoms with Gasteiger partial charge in [0.15, 0.2) is 0 Å². The summed E-state index contributed by atoms with van der Waals surface area (Å²) < 4.78 is 1.07. The van der Waals surface area contributed by atoms with Gasteiger partial charge >= 0.3 is 0 Å². The van der Waals surface area contributed by atoms with Crippen molar-refractivity contribution >= 4 is 32.7 Å². The molecule has 0 saturated heterocycles. The Balaban J connectivity index is 2.79. The van der Waals surface area contributed by atoms with E-state index in [0.29, 0.717) is 11.7 Å². The summed E-state index contributed by atoms with van der Waals surface area (Å²) in [6, 6.07) is 6.27. The van der Waals surface area contributed by atoms with E-state index >= 15 is 0 Å². The number of hydrogen-bond acceptors (Lipinski definition) is 2. The normalized spacial score (nSPS) is 11.3. The van der Waals surface area contributed by atoms with Crippen molar-refractivity contribution < 1.29 is 0 Å². The molecule has 1 aromatic heterocycles. The predicted octanol–water partition coefficient (Wildman–Crippen LogP) is 4.01. The SMILES string of the molecule is Cc1c(Br)ccc2cc(C(C)C)c(N)nc12. The van der Waals surface area contributed by atoms with Crippen LogP contribution in [0.1, 0.15) is 30.9 Å². The van der Waals surface area contributed by atoms with E-state index in [1.165, 1.54) is 0 Å². The van der Waals surface area contributed by atoms with Crippen molar-refractivity contribution in [2.24, 2.45) is 0 Å². The molecule has 2 nitrogen and oxygen atoms in total. The highest BCUT2D eigenvalue weighted by molar-refractivity contribution is 9.10. The molecule has 1 heterocycles. The molecule has 2 rings (SSSR count). The third-order valence-electron chi connectivity index (χ3n) is 2.86. The molecule has 0 aliphatic carbocycles. The van der Waals surface area contributed by atoms with Gasteiger partial charge in [-0.2, -0.15) is 0 Å². The molecule has 0 fully saturated rings. The summed E-state index contributed by atoms with van der Waals surface area (Å²) in [4.78, 5) is 4.50. The Bertz CT molecular complexity index is 547. The van der Waals surface area contributed by atoms with Crippen LogP contribution >= 0.6 is 15.9 Å². The van der Waals surface area contributed by atoms with Crippen molar-refractivity contribution in [1.29, 1.82) is 0 Å². The zero-order chi connectivity index (χ0) is 11.9. The standard InChI is InChI=1S/C13H15BrN2/c1-7(2)10-6-9-4-5-11(14)8(3)12(9)16-13(10)15/h4-7H,1-3H3,(H2,15,16). The second kappa shape index (κ2) is 4.06. The van der Waals surface area contributed by atoms with Crippen molar-refractivity contribution in [3.05, 3.63) is 33.8 Å². The first-order chi connectivity index (χ1) is 7.50. The predicted molar refractivity (Wildman–Crippen MR) is 72.7 cm³/mol. The lowest BCUT2D eigenvalue weighted by atomic mass is 10.0. The molecule has 0 aliphatic heterocycles. The quantitative estimate of drug-likeness (QED) is 0.856. The van der Waals surface area contributed by atoms with Gasteiger partial charge in [-0.05, 0) is 36.1 Å². The van der Waals surface area contributed by atoms with Gasteiger partial charge in [-0.1, -0.05) is 35.8 Å². The van der Waals surface area contributed by atoms with Crippen LogP contribution in [0.25, 0.3) is 10.9 Å². The topological polar surface area (TPSA) is 38.9 Å². The van der Waals surface area contributed by atoms with E-state index in [1.54, 1.807) is 0 Å². The number of rotatable bonds is 1. The lowest BCUT2D eigenvalue weighted by Gasteiger charge is -2.11. The van der Waals surface area contributed by atoms with Crippen molar-refractivity contribution in [3.63, 3.8) is 0 Å². The first-order valence-corrected chi connectivity index (χ1v) is 6.15. The second-order valence-corrected chi connectivity index (χ2v) is 5.22. The van der Waals surface area contributed by atoms with E-state index in [4.69, 9.17) is 5.73 Å². The van der Waals surface area contributed by atoms with Crippen LogP contribution in [-0.4, -0.2) is 4.98 Å². The first-order valence-electron chi connectivity index (χ1n) is 5.36. The summed E-state index contributed by atoms with van der Waals surface area (Å²) in [7, 11) is 0. The molecular formula is C13H15BrN2. The third kappa shape index (κ3) is 1.80. The van der Waals surface area contributed by atoms with Gasteiger partial charge < -0.3 is 5.73 Å². The Morgan fingerprint density at radius 2 is 2.00 bits per heavy atom. The molecule has 0 aliphatic rings. The number of aryl methyl sites for hydroxylation is 1.